The lowest BCUT2D eigenvalue weighted by atomic mass is 9.91. The van der Waals surface area contributed by atoms with Gasteiger partial charge in [0.05, 0.1) is 27.8 Å². The van der Waals surface area contributed by atoms with Gasteiger partial charge in [-0.2, -0.15) is 0 Å². The van der Waals surface area contributed by atoms with E-state index in [1.165, 1.54) is 0 Å². The number of hydrogen-bond donors (Lipinski definition) is 18. The maximum absolute atomic E-state index is 14.9. The van der Waals surface area contributed by atoms with E-state index in [-0.39, 0.29) is 6.07 Å². The van der Waals surface area contributed by atoms with E-state index in [1.807, 2.05) is 0 Å². The maximum atomic E-state index is 14.9. The van der Waals surface area contributed by atoms with Gasteiger partial charge in [0.15, 0.2) is 87.0 Å². The molecule has 1 fully saturated rings. The molecule has 79 heavy (non-hydrogen) atoms. The predicted octanol–water partition coefficient (Wildman–Crippen LogP) is 2.55. The molecule has 6 aromatic rings. The Morgan fingerprint density at radius 1 is 0.418 bits per heavy atom. The molecule has 0 saturated carbocycles. The predicted molar refractivity (Wildman–Crippen MR) is 244 cm³/mol. The second kappa shape index (κ2) is 18.7. The number of carbonyl (C=O) groups excluding carboxylic acids is 5. The first-order chi connectivity index (χ1) is 37.1. The van der Waals surface area contributed by atoms with Crippen LogP contribution in [0.5, 0.6) is 109 Å². The Labute approximate surface area is 433 Å². The first-order valence-electron chi connectivity index (χ1n) is 21.7. The molecular formula is C48H32O31. The van der Waals surface area contributed by atoms with Gasteiger partial charge in [-0.15, -0.1) is 0 Å². The van der Waals surface area contributed by atoms with Crippen molar-refractivity contribution >= 4 is 35.8 Å². The average Bonchev–Trinajstić information content (AvgIpc) is 3.68. The van der Waals surface area contributed by atoms with Crippen molar-refractivity contribution in [3.05, 3.63) is 75.8 Å². The summed E-state index contributed by atoms with van der Waals surface area (Å²) in [7, 11) is 0. The second-order valence-electron chi connectivity index (χ2n) is 16.9. The van der Waals surface area contributed by atoms with E-state index in [9.17, 15) is 121 Å². The lowest BCUT2D eigenvalue weighted by Crippen LogP contribution is -2.63. The van der Waals surface area contributed by atoms with Crippen LogP contribution in [0.1, 0.15) is 62.1 Å². The van der Waals surface area contributed by atoms with Crippen molar-refractivity contribution in [2.45, 2.75) is 30.7 Å². The number of hydrogen-bond acceptors (Lipinski definition) is 30. The normalized spacial score (nSPS) is 18.7. The molecule has 31 nitrogen and oxygen atoms in total. The number of carboxylic acid groups (broad SMARTS) is 1. The first-order valence-corrected chi connectivity index (χ1v) is 21.7. The largest absolute Gasteiger partial charge is 0.504 e. The smallest absolute Gasteiger partial charge is 0.340 e. The zero-order valence-electron chi connectivity index (χ0n) is 38.5. The van der Waals surface area contributed by atoms with Crippen molar-refractivity contribution in [2.75, 3.05) is 6.61 Å². The number of phenols is 17. The highest BCUT2D eigenvalue weighted by Crippen LogP contribution is 2.57. The molecule has 0 amide bonds. The van der Waals surface area contributed by atoms with Gasteiger partial charge in [0.25, 0.3) is 0 Å². The fourth-order valence-corrected chi connectivity index (χ4v) is 8.52. The van der Waals surface area contributed by atoms with Crippen molar-refractivity contribution < 1.29 is 154 Å². The Kier molecular flexibility index (Phi) is 12.4. The van der Waals surface area contributed by atoms with Gasteiger partial charge in [0.2, 0.25) is 46.9 Å². The molecule has 6 aromatic carbocycles. The third kappa shape index (κ3) is 8.40. The minimum Gasteiger partial charge on any atom is -0.504 e. The number of rotatable bonds is 5. The topological polar surface area (TPSA) is 531 Å². The van der Waals surface area contributed by atoms with Crippen LogP contribution in [0.15, 0.2) is 42.5 Å². The molecule has 0 aliphatic carbocycles. The van der Waals surface area contributed by atoms with Crippen LogP contribution < -0.4 is 4.74 Å². The number of aromatic carboxylic acids is 1. The lowest BCUT2D eigenvalue weighted by Gasteiger charge is -2.44. The number of cyclic esters (lactones) is 1. The van der Waals surface area contributed by atoms with Gasteiger partial charge in [-0.05, 0) is 36.4 Å². The van der Waals surface area contributed by atoms with Crippen LogP contribution in [0.3, 0.4) is 0 Å². The van der Waals surface area contributed by atoms with E-state index in [0.717, 1.165) is 0 Å². The third-order valence-corrected chi connectivity index (χ3v) is 12.2. The number of ether oxygens (including phenoxy) is 7. The fraction of sp³-hybridized carbons (Fsp3) is 0.125. The highest BCUT2D eigenvalue weighted by Gasteiger charge is 2.56. The highest BCUT2D eigenvalue weighted by atomic mass is 16.7. The molecule has 18 N–H and O–H groups in total. The van der Waals surface area contributed by atoms with Crippen molar-refractivity contribution in [1.82, 2.24) is 0 Å². The summed E-state index contributed by atoms with van der Waals surface area (Å²) in [5.74, 6) is -37.6. The number of benzene rings is 6. The van der Waals surface area contributed by atoms with E-state index in [0.29, 0.717) is 36.4 Å². The van der Waals surface area contributed by atoms with E-state index < -0.39 is 238 Å². The SMILES string of the molecule is O=C(O[C@@H]1O[C@@H]2COC(=O)c3cc(O)c(O)c(O)c3-c3c(cc(O)c(Oc4c(C(=O)O)cc(O)c(O)c4O)c3O)C(=O)O[C@H]2[C@@H]2OC(=O)c3cc(O)c(O)c(O)c3-c3c(cc(O)c(O)c3O)C(=O)O[C@@H]12)c1cc(O)c(O)c(O)c1. The van der Waals surface area contributed by atoms with Gasteiger partial charge in [-0.3, -0.25) is 0 Å². The number of aromatic hydroxyl groups is 17. The van der Waals surface area contributed by atoms with Gasteiger partial charge in [-0.1, -0.05) is 0 Å². The van der Waals surface area contributed by atoms with Gasteiger partial charge < -0.3 is 125 Å². The van der Waals surface area contributed by atoms with Gasteiger partial charge in [-0.25, -0.2) is 28.8 Å². The van der Waals surface area contributed by atoms with Crippen molar-refractivity contribution in [2.24, 2.45) is 0 Å². The number of esters is 5. The molecule has 3 aliphatic heterocycles. The minimum absolute atomic E-state index is 0.281. The molecule has 3 heterocycles. The first kappa shape index (κ1) is 52.4. The molecule has 0 bridgehead atoms. The zero-order chi connectivity index (χ0) is 57.7. The van der Waals surface area contributed by atoms with E-state index in [1.54, 1.807) is 0 Å². The fourth-order valence-electron chi connectivity index (χ4n) is 8.52. The van der Waals surface area contributed by atoms with Crippen LogP contribution in [0.4, 0.5) is 0 Å². The van der Waals surface area contributed by atoms with Crippen molar-refractivity contribution in [3.8, 4) is 131 Å². The maximum Gasteiger partial charge on any atom is 0.340 e. The molecule has 31 heteroatoms. The van der Waals surface area contributed by atoms with Crippen molar-refractivity contribution in [3.63, 3.8) is 0 Å². The Hall–Kier alpha value is -11.5. The van der Waals surface area contributed by atoms with Gasteiger partial charge in [0.1, 0.15) is 18.3 Å². The monoisotopic (exact) mass is 1100 g/mol. The molecule has 9 rings (SSSR count). The molecule has 1 saturated heterocycles. The Balaban J connectivity index is 1.28. The Bertz CT molecular complexity index is 3710. The summed E-state index contributed by atoms with van der Waals surface area (Å²) >= 11 is 0. The van der Waals surface area contributed by atoms with Gasteiger partial charge >= 0.3 is 35.8 Å². The molecule has 3 aliphatic rings. The van der Waals surface area contributed by atoms with Crippen LogP contribution >= 0.6 is 0 Å². The molecule has 0 spiro atoms. The molecular weight excluding hydrogens is 1070 g/mol. The molecule has 0 radical (unpaired) electrons. The van der Waals surface area contributed by atoms with Crippen molar-refractivity contribution in [1.29, 1.82) is 0 Å². The standard InChI is InChI=1S/C48H32O31/c49-15-1-9(2-16(50)27(15)56)43(68)79-48-41-40(77-46(71)11-4-18(52)29(58)33(62)24(11)25-12(47(72)78-41)5-19(53)30(59)34(25)63)39-22(74-48)8-73-44(69)10-3-17(51)28(57)32(61)23(10)26-13(45(70)76-39)6-21(55)38(35(26)64)75-37-14(42(66)67)7-20(54)31(60)36(37)65/h1-7,22,39-41,48-65H,8H2,(H,66,67)/t22-,39-,40+,41-,48+/m1/s1. The van der Waals surface area contributed by atoms with Crippen LogP contribution in [-0.4, -0.2) is 165 Å². The van der Waals surface area contributed by atoms with Crippen LogP contribution in [-0.2, 0) is 28.4 Å². The number of carboxylic acids is 1. The molecule has 0 aromatic heterocycles. The summed E-state index contributed by atoms with van der Waals surface area (Å²) in [6, 6.07) is 2.77. The minimum atomic E-state index is -2.65. The van der Waals surface area contributed by atoms with E-state index in [2.05, 4.69) is 0 Å². The summed E-state index contributed by atoms with van der Waals surface area (Å²) in [5, 5.41) is 192. The summed E-state index contributed by atoms with van der Waals surface area (Å²) in [6.45, 7) is -1.37. The number of fused-ring (bicyclic) bond motifs is 9. The van der Waals surface area contributed by atoms with E-state index in [4.69, 9.17) is 33.2 Å². The van der Waals surface area contributed by atoms with Crippen LogP contribution in [0.2, 0.25) is 0 Å². The Morgan fingerprint density at radius 3 is 1.29 bits per heavy atom. The quantitative estimate of drug-likeness (QED) is 0.0670. The molecule has 410 valence electrons. The Morgan fingerprint density at radius 2 is 0.810 bits per heavy atom. The highest BCUT2D eigenvalue weighted by molar-refractivity contribution is 6.10. The van der Waals surface area contributed by atoms with Crippen LogP contribution in [0, 0.1) is 0 Å². The summed E-state index contributed by atoms with van der Waals surface area (Å²) in [5.41, 5.74) is -11.6. The third-order valence-electron chi connectivity index (χ3n) is 12.2. The summed E-state index contributed by atoms with van der Waals surface area (Å²) in [6.07, 6.45) is -12.8. The number of carbonyl (C=O) groups is 6. The molecule has 5 atom stereocenters. The second-order valence-corrected chi connectivity index (χ2v) is 16.9. The van der Waals surface area contributed by atoms with Gasteiger partial charge in [0, 0.05) is 28.3 Å². The number of phenolic OH excluding ortho intramolecular Hbond substituents is 17. The average molecular weight is 1100 g/mol. The summed E-state index contributed by atoms with van der Waals surface area (Å²) in [4.78, 5) is 84.4. The lowest BCUT2D eigenvalue weighted by molar-refractivity contribution is -0.282. The van der Waals surface area contributed by atoms with Crippen LogP contribution in [0.25, 0.3) is 22.3 Å². The molecule has 0 unspecified atom stereocenters. The summed E-state index contributed by atoms with van der Waals surface area (Å²) < 4.78 is 39.2. The van der Waals surface area contributed by atoms with E-state index >= 15 is 0 Å². The zero-order valence-corrected chi connectivity index (χ0v) is 38.5.